The summed E-state index contributed by atoms with van der Waals surface area (Å²) in [4.78, 5) is 40.4. The molecule has 0 aliphatic rings. The van der Waals surface area contributed by atoms with Crippen LogP contribution in [0.2, 0.25) is 5.02 Å². The Hall–Kier alpha value is -4.42. The topological polar surface area (TPSA) is 86.7 Å². The highest BCUT2D eigenvalue weighted by Gasteiger charge is 2.25. The fraction of sp³-hybridized carbons (Fsp3) is 0.206. The molecular weight excluding hydrogens is 536 g/mol. The molecule has 2 amide bonds. The predicted octanol–water partition coefficient (Wildman–Crippen LogP) is 6.88. The van der Waals surface area contributed by atoms with Gasteiger partial charge in [0.2, 0.25) is 0 Å². The smallest absolute Gasteiger partial charge is 0.305 e. The highest BCUT2D eigenvalue weighted by atomic mass is 35.5. The number of amides is 2. The number of benzene rings is 4. The predicted molar refractivity (Wildman–Crippen MR) is 162 cm³/mol. The van der Waals surface area contributed by atoms with Crippen LogP contribution in [0.5, 0.6) is 0 Å². The summed E-state index contributed by atoms with van der Waals surface area (Å²) in [5, 5.41) is 13.0. The van der Waals surface area contributed by atoms with Crippen LogP contribution < -0.4 is 5.32 Å². The number of halogens is 1. The van der Waals surface area contributed by atoms with Crippen molar-refractivity contribution >= 4 is 29.4 Å². The number of aryl methyl sites for hydroxylation is 1. The molecule has 4 aromatic rings. The fourth-order valence-electron chi connectivity index (χ4n) is 4.77. The van der Waals surface area contributed by atoms with Gasteiger partial charge in [0.15, 0.2) is 0 Å². The van der Waals surface area contributed by atoms with Gasteiger partial charge in [-0.3, -0.25) is 14.4 Å². The summed E-state index contributed by atoms with van der Waals surface area (Å²) in [6.07, 6.45) is 1.28. The van der Waals surface area contributed by atoms with Gasteiger partial charge in [-0.1, -0.05) is 90.5 Å². The first-order valence-electron chi connectivity index (χ1n) is 13.6. The van der Waals surface area contributed by atoms with Crippen molar-refractivity contribution in [3.63, 3.8) is 0 Å². The van der Waals surface area contributed by atoms with Gasteiger partial charge in [0.05, 0.1) is 6.42 Å². The van der Waals surface area contributed by atoms with E-state index < -0.39 is 5.97 Å². The molecule has 7 heteroatoms. The Morgan fingerprint density at radius 3 is 2.02 bits per heavy atom. The molecule has 0 heterocycles. The number of aliphatic carboxylic acids is 1. The molecule has 41 heavy (non-hydrogen) atoms. The Balaban J connectivity index is 1.60. The molecule has 0 aliphatic carbocycles. The number of carbonyl (C=O) groups is 3. The lowest BCUT2D eigenvalue weighted by Crippen LogP contribution is -2.40. The Kier molecular flexibility index (Phi) is 10.3. The molecule has 6 nitrogen and oxygen atoms in total. The summed E-state index contributed by atoms with van der Waals surface area (Å²) in [5.74, 6) is -1.50. The molecule has 0 radical (unpaired) electrons. The number of hydrogen-bond acceptors (Lipinski definition) is 3. The zero-order chi connectivity index (χ0) is 29.2. The second-order valence-electron chi connectivity index (χ2n) is 9.92. The lowest BCUT2D eigenvalue weighted by atomic mass is 9.93. The third kappa shape index (κ3) is 8.05. The Bertz CT molecular complexity index is 1490. The maximum absolute atomic E-state index is 14.0. The van der Waals surface area contributed by atoms with Gasteiger partial charge in [0, 0.05) is 35.3 Å². The molecule has 0 saturated heterocycles. The van der Waals surface area contributed by atoms with Gasteiger partial charge in [-0.05, 0) is 66.3 Å². The van der Waals surface area contributed by atoms with Crippen LogP contribution in [0.25, 0.3) is 11.1 Å². The zero-order valence-corrected chi connectivity index (χ0v) is 23.7. The van der Waals surface area contributed by atoms with Crippen LogP contribution in [-0.2, 0) is 17.8 Å². The largest absolute Gasteiger partial charge is 0.481 e. The van der Waals surface area contributed by atoms with Gasteiger partial charge in [-0.25, -0.2) is 0 Å². The lowest BCUT2D eigenvalue weighted by molar-refractivity contribution is -0.137. The van der Waals surface area contributed by atoms with Crippen molar-refractivity contribution in [2.75, 3.05) is 6.54 Å². The van der Waals surface area contributed by atoms with Crippen molar-refractivity contribution in [1.29, 1.82) is 0 Å². The number of nitrogens with one attached hydrogen (secondary N) is 1. The third-order valence-corrected chi connectivity index (χ3v) is 7.29. The number of carboxylic acid groups (broad SMARTS) is 1. The van der Waals surface area contributed by atoms with E-state index in [9.17, 15) is 19.5 Å². The van der Waals surface area contributed by atoms with Crippen LogP contribution in [0.4, 0.5) is 0 Å². The van der Waals surface area contributed by atoms with Crippen molar-refractivity contribution in [3.05, 3.63) is 130 Å². The number of hydrogen-bond donors (Lipinski definition) is 2. The van der Waals surface area contributed by atoms with Gasteiger partial charge in [0.1, 0.15) is 0 Å². The van der Waals surface area contributed by atoms with Gasteiger partial charge in [0.25, 0.3) is 11.8 Å². The van der Waals surface area contributed by atoms with E-state index >= 15 is 0 Å². The molecule has 1 atom stereocenters. The normalized spacial score (nSPS) is 11.5. The summed E-state index contributed by atoms with van der Waals surface area (Å²) < 4.78 is 0. The second-order valence-corrected chi connectivity index (χ2v) is 10.4. The van der Waals surface area contributed by atoms with Crippen LogP contribution in [0.1, 0.15) is 51.6 Å². The Morgan fingerprint density at radius 1 is 0.780 bits per heavy atom. The van der Waals surface area contributed by atoms with E-state index in [-0.39, 0.29) is 30.8 Å². The van der Waals surface area contributed by atoms with Gasteiger partial charge in [-0.15, -0.1) is 0 Å². The fourth-order valence-corrected chi connectivity index (χ4v) is 4.90. The van der Waals surface area contributed by atoms with Crippen LogP contribution in [0, 0.1) is 0 Å². The van der Waals surface area contributed by atoms with Crippen molar-refractivity contribution in [1.82, 2.24) is 10.2 Å². The highest BCUT2D eigenvalue weighted by Crippen LogP contribution is 2.29. The summed E-state index contributed by atoms with van der Waals surface area (Å²) in [6, 6.07) is 31.4. The average molecular weight is 569 g/mol. The van der Waals surface area contributed by atoms with Gasteiger partial charge >= 0.3 is 5.97 Å². The first-order chi connectivity index (χ1) is 19.8. The number of nitrogens with zero attached hydrogens (tertiary/aromatic N) is 1. The number of carboxylic acids is 1. The van der Waals surface area contributed by atoms with Crippen LogP contribution >= 0.6 is 11.6 Å². The zero-order valence-electron chi connectivity index (χ0n) is 22.9. The van der Waals surface area contributed by atoms with Gasteiger partial charge in [-0.2, -0.15) is 0 Å². The summed E-state index contributed by atoms with van der Waals surface area (Å²) in [7, 11) is 0. The van der Waals surface area contributed by atoms with E-state index in [1.165, 1.54) is 0 Å². The van der Waals surface area contributed by atoms with Crippen LogP contribution in [0.3, 0.4) is 0 Å². The van der Waals surface area contributed by atoms with E-state index in [0.717, 1.165) is 17.5 Å². The molecule has 4 rings (SSSR count). The molecular formula is C34H33ClN2O4. The average Bonchev–Trinajstić information content (AvgIpc) is 3.00. The maximum atomic E-state index is 14.0. The minimum absolute atomic E-state index is 0.0850. The minimum atomic E-state index is -0.964. The highest BCUT2D eigenvalue weighted by molar-refractivity contribution is 6.30. The first kappa shape index (κ1) is 29.6. The van der Waals surface area contributed by atoms with Crippen molar-refractivity contribution < 1.29 is 19.5 Å². The molecule has 1 unspecified atom stereocenters. The molecule has 0 aliphatic heterocycles. The van der Waals surface area contributed by atoms with E-state index in [0.29, 0.717) is 40.2 Å². The number of rotatable bonds is 12. The maximum Gasteiger partial charge on any atom is 0.305 e. The number of carbonyl (C=O) groups excluding carboxylic acids is 2. The summed E-state index contributed by atoms with van der Waals surface area (Å²) in [5.41, 5.74) is 4.17. The van der Waals surface area contributed by atoms with E-state index in [2.05, 4.69) is 5.32 Å². The minimum Gasteiger partial charge on any atom is -0.481 e. The quantitative estimate of drug-likeness (QED) is 0.195. The summed E-state index contributed by atoms with van der Waals surface area (Å²) >= 11 is 5.97. The van der Waals surface area contributed by atoms with E-state index in [4.69, 9.17) is 11.6 Å². The molecule has 0 spiro atoms. The van der Waals surface area contributed by atoms with Crippen LogP contribution in [0.15, 0.2) is 103 Å². The van der Waals surface area contributed by atoms with Gasteiger partial charge < -0.3 is 15.3 Å². The third-order valence-electron chi connectivity index (χ3n) is 7.04. The molecule has 0 saturated carbocycles. The standard InChI is InChI=1S/C34H33ClN2O4/c1-24(15-16-25-9-3-2-4-10-25)37(22-21-32(38)39)34(41)31-14-8-6-12-29(31)28-11-5-7-13-30(28)33(40)36-23-26-17-19-27(35)20-18-26/h2-14,17-20,24H,15-16,21-23H2,1H3,(H,36,40)(H,38,39). The van der Waals surface area contributed by atoms with Crippen molar-refractivity contribution in [2.24, 2.45) is 0 Å². The van der Waals surface area contributed by atoms with Crippen LogP contribution in [-0.4, -0.2) is 40.4 Å². The Morgan fingerprint density at radius 2 is 1.37 bits per heavy atom. The monoisotopic (exact) mass is 568 g/mol. The first-order valence-corrected chi connectivity index (χ1v) is 14.0. The van der Waals surface area contributed by atoms with Crippen molar-refractivity contribution in [2.45, 2.75) is 38.8 Å². The van der Waals surface area contributed by atoms with Crippen molar-refractivity contribution in [3.8, 4) is 11.1 Å². The molecule has 2 N–H and O–H groups in total. The SMILES string of the molecule is CC(CCc1ccccc1)N(CCC(=O)O)C(=O)c1ccccc1-c1ccccc1C(=O)NCc1ccc(Cl)cc1. The lowest BCUT2D eigenvalue weighted by Gasteiger charge is -2.30. The molecule has 210 valence electrons. The molecule has 0 aromatic heterocycles. The van der Waals surface area contributed by atoms with E-state index in [1.807, 2.05) is 73.7 Å². The molecule has 4 aromatic carbocycles. The van der Waals surface area contributed by atoms with E-state index in [1.54, 1.807) is 41.3 Å². The Labute approximate surface area is 245 Å². The second kappa shape index (κ2) is 14.3. The molecule has 0 fully saturated rings. The molecule has 0 bridgehead atoms. The summed E-state index contributed by atoms with van der Waals surface area (Å²) in [6.45, 7) is 2.36.